The minimum Gasteiger partial charge on any atom is -0.491 e. The number of likely N-dealkylation sites (N-methyl/N-ethyl adjacent to an activating group) is 1. The molecule has 0 N–H and O–H groups in total. The summed E-state index contributed by atoms with van der Waals surface area (Å²) in [6.07, 6.45) is 0.147. The molecule has 0 spiro atoms. The van der Waals surface area contributed by atoms with Gasteiger partial charge in [-0.15, -0.1) is 0 Å². The Balaban J connectivity index is 2.09. The number of nitriles is 1. The summed E-state index contributed by atoms with van der Waals surface area (Å²) in [7, 11) is 0. The minimum absolute atomic E-state index is 0.147. The predicted octanol–water partition coefficient (Wildman–Crippen LogP) is 2.68. The van der Waals surface area contributed by atoms with Crippen LogP contribution in [0, 0.1) is 11.3 Å². The van der Waals surface area contributed by atoms with Crippen molar-refractivity contribution in [2.24, 2.45) is 0 Å². The van der Waals surface area contributed by atoms with Crippen LogP contribution in [0.15, 0.2) is 24.3 Å². The Kier molecular flexibility index (Phi) is 5.60. The summed E-state index contributed by atoms with van der Waals surface area (Å²) in [5.74, 6) is 0.843. The van der Waals surface area contributed by atoms with E-state index in [1.54, 1.807) is 0 Å². The molecule has 1 heterocycles. The number of piperazine rings is 1. The number of hydrogen-bond acceptors (Lipinski definition) is 4. The van der Waals surface area contributed by atoms with E-state index in [2.05, 4.69) is 22.8 Å². The number of hydrogen-bond donors (Lipinski definition) is 0. The molecule has 0 bridgehead atoms. The van der Waals surface area contributed by atoms with Crippen LogP contribution in [0.1, 0.15) is 32.4 Å². The second-order valence-electron chi connectivity index (χ2n) is 5.74. The van der Waals surface area contributed by atoms with E-state index in [0.717, 1.165) is 44.0 Å². The molecule has 1 aliphatic heterocycles. The highest BCUT2D eigenvalue weighted by atomic mass is 16.5. The average molecular weight is 287 g/mol. The summed E-state index contributed by atoms with van der Waals surface area (Å²) in [5.41, 5.74) is 1.03. The summed E-state index contributed by atoms with van der Waals surface area (Å²) >= 11 is 0. The van der Waals surface area contributed by atoms with Gasteiger partial charge in [0.15, 0.2) is 0 Å². The molecular weight excluding hydrogens is 262 g/mol. The van der Waals surface area contributed by atoms with Gasteiger partial charge in [-0.2, -0.15) is 5.26 Å². The summed E-state index contributed by atoms with van der Waals surface area (Å²) in [5, 5.41) is 9.58. The van der Waals surface area contributed by atoms with Gasteiger partial charge in [-0.25, -0.2) is 0 Å². The highest BCUT2D eigenvalue weighted by molar-refractivity contribution is 5.33. The lowest BCUT2D eigenvalue weighted by Crippen LogP contribution is -2.47. The van der Waals surface area contributed by atoms with E-state index in [1.807, 2.05) is 38.1 Å². The van der Waals surface area contributed by atoms with Crippen LogP contribution < -0.4 is 4.74 Å². The van der Waals surface area contributed by atoms with Gasteiger partial charge in [0, 0.05) is 26.2 Å². The molecular formula is C17H25N3O. The van der Waals surface area contributed by atoms with Crippen LogP contribution >= 0.6 is 0 Å². The predicted molar refractivity (Wildman–Crippen MR) is 84.2 cm³/mol. The monoisotopic (exact) mass is 287 g/mol. The number of rotatable bonds is 5. The van der Waals surface area contributed by atoms with Gasteiger partial charge in [0.1, 0.15) is 11.8 Å². The molecule has 0 aliphatic carbocycles. The Morgan fingerprint density at radius 2 is 1.95 bits per heavy atom. The number of benzene rings is 1. The standard InChI is InChI=1S/C17H25N3O/c1-4-19-8-10-20(11-9-19)17(13-18)15-6-5-7-16(12-15)21-14(2)3/h5-7,12,14,17H,4,8-11H2,1-3H3. The van der Waals surface area contributed by atoms with Crippen LogP contribution in [0.3, 0.4) is 0 Å². The van der Waals surface area contributed by atoms with Gasteiger partial charge in [0.05, 0.1) is 12.2 Å². The van der Waals surface area contributed by atoms with E-state index >= 15 is 0 Å². The lowest BCUT2D eigenvalue weighted by Gasteiger charge is -2.36. The number of nitrogens with zero attached hydrogens (tertiary/aromatic N) is 3. The van der Waals surface area contributed by atoms with Crippen molar-refractivity contribution in [1.82, 2.24) is 9.80 Å². The fourth-order valence-electron chi connectivity index (χ4n) is 2.73. The smallest absolute Gasteiger partial charge is 0.124 e. The zero-order chi connectivity index (χ0) is 15.2. The molecule has 1 aromatic rings. The molecule has 4 nitrogen and oxygen atoms in total. The molecule has 1 unspecified atom stereocenters. The number of ether oxygens (including phenoxy) is 1. The van der Waals surface area contributed by atoms with Crippen molar-refractivity contribution in [1.29, 1.82) is 5.26 Å². The highest BCUT2D eigenvalue weighted by Crippen LogP contribution is 2.25. The maximum atomic E-state index is 9.58. The lowest BCUT2D eigenvalue weighted by atomic mass is 10.1. The van der Waals surface area contributed by atoms with Crippen LogP contribution in [-0.4, -0.2) is 48.6 Å². The molecule has 1 fully saturated rings. The maximum Gasteiger partial charge on any atom is 0.124 e. The topological polar surface area (TPSA) is 39.5 Å². The zero-order valence-electron chi connectivity index (χ0n) is 13.2. The van der Waals surface area contributed by atoms with Crippen molar-refractivity contribution < 1.29 is 4.74 Å². The van der Waals surface area contributed by atoms with Gasteiger partial charge < -0.3 is 9.64 Å². The SMILES string of the molecule is CCN1CCN(C(C#N)c2cccc(OC(C)C)c2)CC1. The Bertz CT molecular complexity index is 487. The van der Waals surface area contributed by atoms with Crippen LogP contribution in [-0.2, 0) is 0 Å². The van der Waals surface area contributed by atoms with Crippen LogP contribution in [0.25, 0.3) is 0 Å². The molecule has 114 valence electrons. The van der Waals surface area contributed by atoms with Crippen molar-refractivity contribution in [3.8, 4) is 11.8 Å². The average Bonchev–Trinajstić information content (AvgIpc) is 2.48. The second-order valence-corrected chi connectivity index (χ2v) is 5.74. The molecule has 1 atom stereocenters. The Morgan fingerprint density at radius 1 is 1.24 bits per heavy atom. The molecule has 0 amide bonds. The van der Waals surface area contributed by atoms with E-state index in [1.165, 1.54) is 0 Å². The molecule has 0 aromatic heterocycles. The van der Waals surface area contributed by atoms with Crippen molar-refractivity contribution >= 4 is 0 Å². The van der Waals surface area contributed by atoms with E-state index in [0.29, 0.717) is 0 Å². The third-order valence-corrected chi connectivity index (χ3v) is 3.89. The Hall–Kier alpha value is -1.57. The molecule has 21 heavy (non-hydrogen) atoms. The quantitative estimate of drug-likeness (QED) is 0.834. The van der Waals surface area contributed by atoms with Gasteiger partial charge in [0.2, 0.25) is 0 Å². The summed E-state index contributed by atoms with van der Waals surface area (Å²) in [6.45, 7) is 11.3. The van der Waals surface area contributed by atoms with Crippen LogP contribution in [0.2, 0.25) is 0 Å². The third-order valence-electron chi connectivity index (χ3n) is 3.89. The van der Waals surface area contributed by atoms with E-state index in [4.69, 9.17) is 4.74 Å². The van der Waals surface area contributed by atoms with E-state index in [-0.39, 0.29) is 12.1 Å². The van der Waals surface area contributed by atoms with Crippen molar-refractivity contribution in [2.75, 3.05) is 32.7 Å². The fraction of sp³-hybridized carbons (Fsp3) is 0.588. The largest absolute Gasteiger partial charge is 0.491 e. The summed E-state index contributed by atoms with van der Waals surface area (Å²) in [4.78, 5) is 4.68. The molecule has 2 rings (SSSR count). The first-order chi connectivity index (χ1) is 10.1. The van der Waals surface area contributed by atoms with Crippen molar-refractivity contribution in [3.63, 3.8) is 0 Å². The van der Waals surface area contributed by atoms with Gasteiger partial charge in [-0.05, 0) is 38.1 Å². The first kappa shape index (κ1) is 15.8. The normalized spacial score (nSPS) is 18.4. The molecule has 4 heteroatoms. The second kappa shape index (κ2) is 7.44. The van der Waals surface area contributed by atoms with E-state index in [9.17, 15) is 5.26 Å². The Labute approximate surface area is 127 Å². The summed E-state index contributed by atoms with van der Waals surface area (Å²) in [6, 6.07) is 10.2. The lowest BCUT2D eigenvalue weighted by molar-refractivity contribution is 0.118. The third kappa shape index (κ3) is 4.20. The molecule has 1 saturated heterocycles. The van der Waals surface area contributed by atoms with Gasteiger partial charge in [-0.1, -0.05) is 19.1 Å². The van der Waals surface area contributed by atoms with Crippen LogP contribution in [0.4, 0.5) is 0 Å². The van der Waals surface area contributed by atoms with Gasteiger partial charge >= 0.3 is 0 Å². The highest BCUT2D eigenvalue weighted by Gasteiger charge is 2.24. The first-order valence-electron chi connectivity index (χ1n) is 7.76. The summed E-state index contributed by atoms with van der Waals surface area (Å²) < 4.78 is 5.74. The molecule has 1 aromatic carbocycles. The fourth-order valence-corrected chi connectivity index (χ4v) is 2.73. The van der Waals surface area contributed by atoms with Crippen LogP contribution in [0.5, 0.6) is 5.75 Å². The van der Waals surface area contributed by atoms with E-state index < -0.39 is 0 Å². The van der Waals surface area contributed by atoms with Gasteiger partial charge in [-0.3, -0.25) is 4.90 Å². The zero-order valence-corrected chi connectivity index (χ0v) is 13.2. The van der Waals surface area contributed by atoms with Gasteiger partial charge in [0.25, 0.3) is 0 Å². The first-order valence-corrected chi connectivity index (χ1v) is 7.76. The van der Waals surface area contributed by atoms with Crippen molar-refractivity contribution in [2.45, 2.75) is 32.9 Å². The minimum atomic E-state index is -0.181. The molecule has 0 saturated carbocycles. The van der Waals surface area contributed by atoms with Crippen molar-refractivity contribution in [3.05, 3.63) is 29.8 Å². The Morgan fingerprint density at radius 3 is 2.52 bits per heavy atom. The molecule has 0 radical (unpaired) electrons. The molecule has 1 aliphatic rings. The maximum absolute atomic E-state index is 9.58.